The summed E-state index contributed by atoms with van der Waals surface area (Å²) in [7, 11) is 0. The van der Waals surface area contributed by atoms with Gasteiger partial charge in [-0.1, -0.05) is 43.3 Å². The van der Waals surface area contributed by atoms with Gasteiger partial charge in [0, 0.05) is 0 Å². The van der Waals surface area contributed by atoms with Gasteiger partial charge in [0.05, 0.1) is 18.2 Å². The SMILES string of the molecule is CCC(C)(C)OCC(N)c1ccc2ccccc2c1. The fourth-order valence-electron chi connectivity index (χ4n) is 1.95. The molecule has 0 aliphatic rings. The normalized spacial score (nSPS) is 13.7. The second-order valence-corrected chi connectivity index (χ2v) is 5.64. The standard InChI is InChI=1S/C17H23NO/c1-4-17(2,3)19-12-16(18)15-10-9-13-7-5-6-8-14(13)11-15/h5-11,16H,4,12,18H2,1-3H3. The number of ether oxygens (including phenoxy) is 1. The van der Waals surface area contributed by atoms with Gasteiger partial charge in [0.2, 0.25) is 0 Å². The third kappa shape index (κ3) is 3.55. The summed E-state index contributed by atoms with van der Waals surface area (Å²) in [5.41, 5.74) is 7.25. The lowest BCUT2D eigenvalue weighted by Crippen LogP contribution is -2.28. The van der Waals surface area contributed by atoms with E-state index in [0.717, 1.165) is 12.0 Å². The first-order valence-electron chi connectivity index (χ1n) is 6.90. The van der Waals surface area contributed by atoms with Gasteiger partial charge in [-0.25, -0.2) is 0 Å². The Labute approximate surface area is 115 Å². The summed E-state index contributed by atoms with van der Waals surface area (Å²) in [5.74, 6) is 0. The van der Waals surface area contributed by atoms with Gasteiger partial charge in [-0.05, 0) is 42.7 Å². The maximum Gasteiger partial charge on any atom is 0.0666 e. The van der Waals surface area contributed by atoms with Gasteiger partial charge in [-0.3, -0.25) is 0 Å². The van der Waals surface area contributed by atoms with E-state index in [0.29, 0.717) is 6.61 Å². The van der Waals surface area contributed by atoms with Crippen LogP contribution in [0, 0.1) is 0 Å². The van der Waals surface area contributed by atoms with E-state index < -0.39 is 0 Å². The predicted octanol–water partition coefficient (Wildman–Crippen LogP) is 4.04. The van der Waals surface area contributed by atoms with Crippen molar-refractivity contribution in [2.75, 3.05) is 6.61 Å². The summed E-state index contributed by atoms with van der Waals surface area (Å²) in [6.45, 7) is 6.88. The van der Waals surface area contributed by atoms with Crippen molar-refractivity contribution < 1.29 is 4.74 Å². The first kappa shape index (κ1) is 14.0. The third-order valence-electron chi connectivity index (χ3n) is 3.71. The van der Waals surface area contributed by atoms with Gasteiger partial charge < -0.3 is 10.5 Å². The topological polar surface area (TPSA) is 35.2 Å². The highest BCUT2D eigenvalue weighted by molar-refractivity contribution is 5.83. The van der Waals surface area contributed by atoms with E-state index in [2.05, 4.69) is 57.2 Å². The Hall–Kier alpha value is -1.38. The van der Waals surface area contributed by atoms with E-state index in [1.807, 2.05) is 6.07 Å². The van der Waals surface area contributed by atoms with Crippen molar-refractivity contribution in [3.63, 3.8) is 0 Å². The van der Waals surface area contributed by atoms with E-state index in [9.17, 15) is 0 Å². The first-order valence-corrected chi connectivity index (χ1v) is 6.90. The average molecular weight is 257 g/mol. The van der Waals surface area contributed by atoms with Crippen LogP contribution < -0.4 is 5.73 Å². The van der Waals surface area contributed by atoms with Crippen LogP contribution >= 0.6 is 0 Å². The van der Waals surface area contributed by atoms with Crippen LogP contribution in [0.15, 0.2) is 42.5 Å². The molecule has 0 bridgehead atoms. The van der Waals surface area contributed by atoms with Crippen molar-refractivity contribution in [1.82, 2.24) is 0 Å². The molecule has 2 rings (SSSR count). The largest absolute Gasteiger partial charge is 0.374 e. The smallest absolute Gasteiger partial charge is 0.0666 e. The summed E-state index contributed by atoms with van der Waals surface area (Å²) in [5, 5.41) is 2.47. The van der Waals surface area contributed by atoms with Crippen molar-refractivity contribution in [1.29, 1.82) is 0 Å². The van der Waals surface area contributed by atoms with Crippen molar-refractivity contribution >= 4 is 10.8 Å². The highest BCUT2D eigenvalue weighted by Crippen LogP contribution is 2.21. The van der Waals surface area contributed by atoms with Gasteiger partial charge in [-0.15, -0.1) is 0 Å². The van der Waals surface area contributed by atoms with Crippen LogP contribution in [0.1, 0.15) is 38.8 Å². The average Bonchev–Trinajstić information content (AvgIpc) is 2.44. The fraction of sp³-hybridized carbons (Fsp3) is 0.412. The van der Waals surface area contributed by atoms with Gasteiger partial charge in [-0.2, -0.15) is 0 Å². The lowest BCUT2D eigenvalue weighted by Gasteiger charge is -2.25. The third-order valence-corrected chi connectivity index (χ3v) is 3.71. The van der Waals surface area contributed by atoms with Gasteiger partial charge in [0.1, 0.15) is 0 Å². The minimum atomic E-state index is -0.103. The summed E-state index contributed by atoms with van der Waals surface area (Å²) >= 11 is 0. The Morgan fingerprint density at radius 2 is 1.79 bits per heavy atom. The molecule has 0 amide bonds. The molecule has 2 heteroatoms. The Morgan fingerprint density at radius 3 is 2.47 bits per heavy atom. The molecule has 2 nitrogen and oxygen atoms in total. The van der Waals surface area contributed by atoms with Crippen molar-refractivity contribution in [2.45, 2.75) is 38.8 Å². The molecule has 0 aliphatic carbocycles. The molecule has 2 aromatic rings. The number of fused-ring (bicyclic) bond motifs is 1. The highest BCUT2D eigenvalue weighted by atomic mass is 16.5. The van der Waals surface area contributed by atoms with Crippen LogP contribution in [0.3, 0.4) is 0 Å². The van der Waals surface area contributed by atoms with E-state index >= 15 is 0 Å². The zero-order valence-corrected chi connectivity index (χ0v) is 12.0. The predicted molar refractivity (Wildman–Crippen MR) is 81.2 cm³/mol. The number of hydrogen-bond acceptors (Lipinski definition) is 2. The molecular weight excluding hydrogens is 234 g/mol. The van der Waals surface area contributed by atoms with E-state index in [1.165, 1.54) is 10.8 Å². The van der Waals surface area contributed by atoms with Crippen LogP contribution in [0.4, 0.5) is 0 Å². The van der Waals surface area contributed by atoms with Crippen molar-refractivity contribution in [2.24, 2.45) is 5.73 Å². The van der Waals surface area contributed by atoms with Gasteiger partial charge in [0.25, 0.3) is 0 Å². The van der Waals surface area contributed by atoms with Crippen LogP contribution in [0.5, 0.6) is 0 Å². The molecule has 0 aliphatic heterocycles. The zero-order valence-electron chi connectivity index (χ0n) is 12.0. The van der Waals surface area contributed by atoms with Crippen molar-refractivity contribution in [3.8, 4) is 0 Å². The molecule has 102 valence electrons. The molecule has 0 fully saturated rings. The lowest BCUT2D eigenvalue weighted by molar-refractivity contribution is -0.0267. The molecule has 0 spiro atoms. The molecule has 1 atom stereocenters. The number of nitrogens with two attached hydrogens (primary N) is 1. The summed E-state index contributed by atoms with van der Waals surface area (Å²) in [6, 6.07) is 14.6. The molecule has 1 unspecified atom stereocenters. The second kappa shape index (κ2) is 5.72. The number of benzene rings is 2. The molecule has 0 aromatic heterocycles. The molecule has 0 saturated heterocycles. The monoisotopic (exact) mass is 257 g/mol. The Balaban J connectivity index is 2.11. The fourth-order valence-corrected chi connectivity index (χ4v) is 1.95. The molecule has 0 saturated carbocycles. The minimum absolute atomic E-state index is 0.0737. The van der Waals surface area contributed by atoms with Crippen LogP contribution in [0.2, 0.25) is 0 Å². The van der Waals surface area contributed by atoms with Crippen LogP contribution in [-0.2, 0) is 4.74 Å². The second-order valence-electron chi connectivity index (χ2n) is 5.64. The van der Waals surface area contributed by atoms with Gasteiger partial charge >= 0.3 is 0 Å². The summed E-state index contributed by atoms with van der Waals surface area (Å²) in [6.07, 6.45) is 0.984. The highest BCUT2D eigenvalue weighted by Gasteiger charge is 2.17. The van der Waals surface area contributed by atoms with Crippen LogP contribution in [-0.4, -0.2) is 12.2 Å². The molecule has 19 heavy (non-hydrogen) atoms. The maximum atomic E-state index is 6.22. The van der Waals surface area contributed by atoms with E-state index in [-0.39, 0.29) is 11.6 Å². The quantitative estimate of drug-likeness (QED) is 0.877. The zero-order chi connectivity index (χ0) is 13.9. The first-order chi connectivity index (χ1) is 9.02. The summed E-state index contributed by atoms with van der Waals surface area (Å²) < 4.78 is 5.88. The number of hydrogen-bond donors (Lipinski definition) is 1. The van der Waals surface area contributed by atoms with E-state index in [4.69, 9.17) is 10.5 Å². The lowest BCUT2D eigenvalue weighted by atomic mass is 10.0. The molecule has 2 N–H and O–H groups in total. The molecular formula is C17H23NO. The number of rotatable bonds is 5. The molecule has 0 radical (unpaired) electrons. The van der Waals surface area contributed by atoms with Gasteiger partial charge in [0.15, 0.2) is 0 Å². The maximum absolute atomic E-state index is 6.22. The van der Waals surface area contributed by atoms with Crippen molar-refractivity contribution in [3.05, 3.63) is 48.0 Å². The van der Waals surface area contributed by atoms with Crippen LogP contribution in [0.25, 0.3) is 10.8 Å². The minimum Gasteiger partial charge on any atom is -0.374 e. The molecule has 2 aromatic carbocycles. The summed E-state index contributed by atoms with van der Waals surface area (Å²) in [4.78, 5) is 0. The Morgan fingerprint density at radius 1 is 1.11 bits per heavy atom. The van der Waals surface area contributed by atoms with E-state index in [1.54, 1.807) is 0 Å². The Bertz CT molecular complexity index is 548. The molecule has 0 heterocycles. The Kier molecular flexibility index (Phi) is 4.23.